The van der Waals surface area contributed by atoms with Gasteiger partial charge in [0.25, 0.3) is 5.91 Å². The summed E-state index contributed by atoms with van der Waals surface area (Å²) >= 11 is 1.17. The number of carbonyl (C=O) groups is 2. The van der Waals surface area contributed by atoms with E-state index in [1.807, 2.05) is 0 Å². The Labute approximate surface area is 124 Å². The average molecular weight is 308 g/mol. The lowest BCUT2D eigenvalue weighted by atomic mass is 10.1. The van der Waals surface area contributed by atoms with Crippen LogP contribution in [0.4, 0.5) is 4.39 Å². The fourth-order valence-electron chi connectivity index (χ4n) is 1.92. The maximum Gasteiger partial charge on any atom is 0.331 e. The second kappa shape index (κ2) is 6.01. The molecule has 21 heavy (non-hydrogen) atoms. The number of amides is 1. The third-order valence-corrected chi connectivity index (χ3v) is 3.92. The summed E-state index contributed by atoms with van der Waals surface area (Å²) in [5.74, 6) is -2.58. The Morgan fingerprint density at radius 3 is 2.52 bits per heavy atom. The van der Waals surface area contributed by atoms with E-state index >= 15 is 0 Å². The summed E-state index contributed by atoms with van der Waals surface area (Å²) < 4.78 is 13.7. The first kappa shape index (κ1) is 15.1. The molecular weight excluding hydrogens is 295 g/mol. The van der Waals surface area contributed by atoms with Crippen LogP contribution in [0.1, 0.15) is 32.0 Å². The van der Waals surface area contributed by atoms with E-state index < -0.39 is 23.7 Å². The first-order chi connectivity index (χ1) is 9.90. The fourth-order valence-corrected chi connectivity index (χ4v) is 2.74. The van der Waals surface area contributed by atoms with Crippen LogP contribution in [0.25, 0.3) is 0 Å². The van der Waals surface area contributed by atoms with Crippen molar-refractivity contribution in [3.05, 3.63) is 51.2 Å². The summed E-state index contributed by atoms with van der Waals surface area (Å²) in [4.78, 5) is 27.9. The molecule has 0 bridgehead atoms. The third-order valence-electron chi connectivity index (χ3n) is 2.85. The van der Waals surface area contributed by atoms with Gasteiger partial charge < -0.3 is 10.4 Å². The van der Waals surface area contributed by atoms with Gasteiger partial charge in [-0.2, -0.15) is 0 Å². The van der Waals surface area contributed by atoms with Gasteiger partial charge in [-0.25, -0.2) is 14.2 Å². The van der Waals surface area contributed by atoms with Gasteiger partial charge in [0.2, 0.25) is 0 Å². The molecule has 0 spiro atoms. The fraction of sp³-hybridized carbons (Fsp3) is 0.214. The van der Waals surface area contributed by atoms with Crippen LogP contribution in [-0.2, 0) is 4.79 Å². The van der Waals surface area contributed by atoms with Crippen LogP contribution in [0, 0.1) is 19.7 Å². The van der Waals surface area contributed by atoms with Gasteiger partial charge in [0.05, 0.1) is 10.7 Å². The molecule has 0 aliphatic rings. The minimum Gasteiger partial charge on any atom is -0.479 e. The number of benzene rings is 1. The van der Waals surface area contributed by atoms with Gasteiger partial charge in [-0.15, -0.1) is 11.3 Å². The average Bonchev–Trinajstić information content (AvgIpc) is 2.75. The van der Waals surface area contributed by atoms with Crippen LogP contribution in [0.5, 0.6) is 0 Å². The lowest BCUT2D eigenvalue weighted by Crippen LogP contribution is -2.34. The second-order valence-electron chi connectivity index (χ2n) is 4.41. The molecule has 110 valence electrons. The normalized spacial score (nSPS) is 12.0. The quantitative estimate of drug-likeness (QED) is 0.909. The minimum atomic E-state index is -1.44. The Morgan fingerprint density at radius 2 is 2.00 bits per heavy atom. The molecule has 1 aromatic heterocycles. The molecule has 1 unspecified atom stereocenters. The van der Waals surface area contributed by atoms with Crippen molar-refractivity contribution in [1.82, 2.24) is 10.3 Å². The Bertz CT molecular complexity index is 699. The monoisotopic (exact) mass is 308 g/mol. The van der Waals surface area contributed by atoms with Crippen molar-refractivity contribution in [2.45, 2.75) is 19.9 Å². The number of carbonyl (C=O) groups excluding carboxylic acids is 1. The zero-order valence-electron chi connectivity index (χ0n) is 11.4. The number of hydrogen-bond donors (Lipinski definition) is 2. The van der Waals surface area contributed by atoms with Crippen LogP contribution >= 0.6 is 11.3 Å². The molecule has 1 heterocycles. The number of carboxylic acid groups (broad SMARTS) is 1. The first-order valence-electron chi connectivity index (χ1n) is 6.12. The summed E-state index contributed by atoms with van der Waals surface area (Å²) in [7, 11) is 0. The summed E-state index contributed by atoms with van der Waals surface area (Å²) in [6, 6.07) is 4.01. The van der Waals surface area contributed by atoms with E-state index in [0.29, 0.717) is 15.6 Å². The van der Waals surface area contributed by atoms with E-state index in [2.05, 4.69) is 10.3 Å². The van der Waals surface area contributed by atoms with Crippen molar-refractivity contribution in [2.24, 2.45) is 0 Å². The maximum absolute atomic E-state index is 13.7. The van der Waals surface area contributed by atoms with Gasteiger partial charge >= 0.3 is 5.97 Å². The Hall–Kier alpha value is -2.28. The smallest absolute Gasteiger partial charge is 0.331 e. The highest BCUT2D eigenvalue weighted by Crippen LogP contribution is 2.21. The maximum atomic E-state index is 13.7. The number of halogens is 1. The van der Waals surface area contributed by atoms with E-state index in [1.165, 1.54) is 29.5 Å². The van der Waals surface area contributed by atoms with Crippen molar-refractivity contribution >= 4 is 23.2 Å². The van der Waals surface area contributed by atoms with Crippen molar-refractivity contribution in [1.29, 1.82) is 0 Å². The number of carboxylic acids is 1. The Morgan fingerprint density at radius 1 is 1.33 bits per heavy atom. The summed E-state index contributed by atoms with van der Waals surface area (Å²) in [6.45, 7) is 3.41. The number of aromatic nitrogens is 1. The molecule has 1 atom stereocenters. The molecule has 2 aromatic rings. The molecule has 7 heteroatoms. The largest absolute Gasteiger partial charge is 0.479 e. The van der Waals surface area contributed by atoms with Crippen molar-refractivity contribution in [3.8, 4) is 0 Å². The van der Waals surface area contributed by atoms with Gasteiger partial charge in [-0.3, -0.25) is 4.79 Å². The molecular formula is C14H13FN2O3S. The standard InChI is InChI=1S/C14H13FN2O3S/c1-7-12(21-8(2)16-7)13(18)17-11(14(19)20)9-5-3-4-6-10(9)15/h3-6,11H,1-2H3,(H,17,18)(H,19,20). The van der Waals surface area contributed by atoms with Crippen molar-refractivity contribution in [3.63, 3.8) is 0 Å². The second-order valence-corrected chi connectivity index (χ2v) is 5.62. The highest BCUT2D eigenvalue weighted by molar-refractivity contribution is 7.13. The van der Waals surface area contributed by atoms with Gasteiger partial charge in [-0.05, 0) is 19.9 Å². The highest BCUT2D eigenvalue weighted by Gasteiger charge is 2.26. The molecule has 2 N–H and O–H groups in total. The van der Waals surface area contributed by atoms with Crippen LogP contribution in [0.15, 0.2) is 24.3 Å². The predicted molar refractivity (Wildman–Crippen MR) is 75.8 cm³/mol. The lowest BCUT2D eigenvalue weighted by molar-refractivity contribution is -0.139. The number of rotatable bonds is 4. The van der Waals surface area contributed by atoms with Gasteiger partial charge in [-0.1, -0.05) is 18.2 Å². The summed E-state index contributed by atoms with van der Waals surface area (Å²) in [5.41, 5.74) is 0.435. The lowest BCUT2D eigenvalue weighted by Gasteiger charge is -2.15. The van der Waals surface area contributed by atoms with Crippen LogP contribution in [-0.4, -0.2) is 22.0 Å². The van der Waals surface area contributed by atoms with Crippen LogP contribution in [0.3, 0.4) is 0 Å². The highest BCUT2D eigenvalue weighted by atomic mass is 32.1. The van der Waals surface area contributed by atoms with E-state index in [4.69, 9.17) is 0 Å². The zero-order chi connectivity index (χ0) is 15.6. The number of hydrogen-bond acceptors (Lipinski definition) is 4. The van der Waals surface area contributed by atoms with Gasteiger partial charge in [0, 0.05) is 5.56 Å². The van der Waals surface area contributed by atoms with E-state index in [1.54, 1.807) is 13.8 Å². The molecule has 0 saturated carbocycles. The molecule has 5 nitrogen and oxygen atoms in total. The molecule has 2 rings (SSSR count). The number of aryl methyl sites for hydroxylation is 2. The minimum absolute atomic E-state index is 0.0859. The summed E-state index contributed by atoms with van der Waals surface area (Å²) in [6.07, 6.45) is 0. The van der Waals surface area contributed by atoms with Crippen molar-refractivity contribution in [2.75, 3.05) is 0 Å². The topological polar surface area (TPSA) is 79.3 Å². The molecule has 0 aliphatic carbocycles. The molecule has 1 amide bonds. The Balaban J connectivity index is 2.29. The summed E-state index contributed by atoms with van der Waals surface area (Å²) in [5, 5.41) is 12.3. The predicted octanol–water partition coefficient (Wildman–Crippen LogP) is 2.45. The molecule has 0 radical (unpaired) electrons. The zero-order valence-corrected chi connectivity index (χ0v) is 12.2. The van der Waals surface area contributed by atoms with Gasteiger partial charge in [0.15, 0.2) is 6.04 Å². The number of thiazole rings is 1. The van der Waals surface area contributed by atoms with E-state index in [-0.39, 0.29) is 5.56 Å². The number of aliphatic carboxylic acids is 1. The molecule has 0 saturated heterocycles. The molecule has 1 aromatic carbocycles. The molecule has 0 aliphatic heterocycles. The Kier molecular flexibility index (Phi) is 4.32. The van der Waals surface area contributed by atoms with Gasteiger partial charge in [0.1, 0.15) is 10.7 Å². The number of nitrogens with one attached hydrogen (secondary N) is 1. The van der Waals surface area contributed by atoms with E-state index in [0.717, 1.165) is 6.07 Å². The SMILES string of the molecule is Cc1nc(C)c(C(=O)NC(C(=O)O)c2ccccc2F)s1. The van der Waals surface area contributed by atoms with Crippen LogP contribution in [0.2, 0.25) is 0 Å². The molecule has 0 fully saturated rings. The van der Waals surface area contributed by atoms with Crippen molar-refractivity contribution < 1.29 is 19.1 Å². The van der Waals surface area contributed by atoms with Crippen LogP contribution < -0.4 is 5.32 Å². The number of nitrogens with zero attached hydrogens (tertiary/aromatic N) is 1. The van der Waals surface area contributed by atoms with E-state index in [9.17, 15) is 19.1 Å². The first-order valence-corrected chi connectivity index (χ1v) is 6.94. The third kappa shape index (κ3) is 3.25.